The van der Waals surface area contributed by atoms with E-state index in [0.29, 0.717) is 19.6 Å². The van der Waals surface area contributed by atoms with Gasteiger partial charge < -0.3 is 15.2 Å². The fraction of sp³-hybridized carbons (Fsp3) is 0.467. The van der Waals surface area contributed by atoms with Crippen molar-refractivity contribution >= 4 is 11.9 Å². The number of rotatable bonds is 5. The largest absolute Gasteiger partial charge is 0.478 e. The molecule has 108 valence electrons. The van der Waals surface area contributed by atoms with E-state index >= 15 is 0 Å². The van der Waals surface area contributed by atoms with Gasteiger partial charge in [-0.3, -0.25) is 4.79 Å². The van der Waals surface area contributed by atoms with E-state index in [0.717, 1.165) is 12.0 Å². The van der Waals surface area contributed by atoms with E-state index in [4.69, 9.17) is 9.84 Å². The van der Waals surface area contributed by atoms with Crippen molar-refractivity contribution in [1.29, 1.82) is 0 Å². The average molecular weight is 277 g/mol. The van der Waals surface area contributed by atoms with E-state index in [-0.39, 0.29) is 23.5 Å². The highest BCUT2D eigenvalue weighted by Crippen LogP contribution is 2.19. The van der Waals surface area contributed by atoms with Crippen LogP contribution in [0.25, 0.3) is 0 Å². The second-order valence-electron chi connectivity index (χ2n) is 5.10. The first-order valence-corrected chi connectivity index (χ1v) is 6.79. The average Bonchev–Trinajstić information content (AvgIpc) is 2.85. The highest BCUT2D eigenvalue weighted by molar-refractivity contribution is 5.87. The third-order valence-corrected chi connectivity index (χ3v) is 3.56. The van der Waals surface area contributed by atoms with Crippen molar-refractivity contribution in [1.82, 2.24) is 5.32 Å². The van der Waals surface area contributed by atoms with Gasteiger partial charge in [-0.15, -0.1) is 0 Å². The SMILES string of the molecule is CC1CCOC1C(=O)NCCc1ccc(C(=O)O)cc1. The van der Waals surface area contributed by atoms with Crippen molar-refractivity contribution in [2.75, 3.05) is 13.2 Å². The lowest BCUT2D eigenvalue weighted by Gasteiger charge is -2.14. The van der Waals surface area contributed by atoms with Gasteiger partial charge in [0.1, 0.15) is 6.10 Å². The van der Waals surface area contributed by atoms with Gasteiger partial charge in [0.25, 0.3) is 0 Å². The van der Waals surface area contributed by atoms with E-state index in [2.05, 4.69) is 5.32 Å². The lowest BCUT2D eigenvalue weighted by atomic mass is 10.0. The number of carbonyl (C=O) groups excluding carboxylic acids is 1. The molecule has 1 aromatic carbocycles. The summed E-state index contributed by atoms with van der Waals surface area (Å²) in [5.41, 5.74) is 1.27. The Labute approximate surface area is 117 Å². The lowest BCUT2D eigenvalue weighted by Crippen LogP contribution is -2.38. The van der Waals surface area contributed by atoms with Crippen molar-refractivity contribution in [2.24, 2.45) is 5.92 Å². The fourth-order valence-corrected chi connectivity index (χ4v) is 2.28. The topological polar surface area (TPSA) is 75.6 Å². The van der Waals surface area contributed by atoms with Gasteiger partial charge in [0.05, 0.1) is 5.56 Å². The molecule has 1 fully saturated rings. The van der Waals surface area contributed by atoms with Crippen molar-refractivity contribution in [2.45, 2.75) is 25.9 Å². The molecule has 5 heteroatoms. The Bertz CT molecular complexity index is 483. The van der Waals surface area contributed by atoms with E-state index in [9.17, 15) is 9.59 Å². The zero-order valence-corrected chi connectivity index (χ0v) is 11.5. The third kappa shape index (κ3) is 3.57. The Kier molecular flexibility index (Phi) is 4.74. The molecule has 2 rings (SSSR count). The molecule has 1 amide bonds. The van der Waals surface area contributed by atoms with Crippen molar-refractivity contribution in [3.05, 3.63) is 35.4 Å². The second kappa shape index (κ2) is 6.52. The number of carbonyl (C=O) groups is 2. The minimum atomic E-state index is -0.933. The minimum Gasteiger partial charge on any atom is -0.478 e. The van der Waals surface area contributed by atoms with Gasteiger partial charge >= 0.3 is 5.97 Å². The Balaban J connectivity index is 1.78. The Morgan fingerprint density at radius 3 is 2.60 bits per heavy atom. The Hall–Kier alpha value is -1.88. The quantitative estimate of drug-likeness (QED) is 0.854. The Morgan fingerprint density at radius 1 is 1.35 bits per heavy atom. The molecule has 2 unspecified atom stereocenters. The molecule has 1 aliphatic heterocycles. The summed E-state index contributed by atoms with van der Waals surface area (Å²) < 4.78 is 5.39. The van der Waals surface area contributed by atoms with Crippen LogP contribution in [0.1, 0.15) is 29.3 Å². The van der Waals surface area contributed by atoms with Crippen LogP contribution in [-0.4, -0.2) is 36.2 Å². The van der Waals surface area contributed by atoms with Gasteiger partial charge in [-0.1, -0.05) is 19.1 Å². The van der Waals surface area contributed by atoms with Crippen molar-refractivity contribution in [3.63, 3.8) is 0 Å². The number of amides is 1. The number of hydrogen-bond acceptors (Lipinski definition) is 3. The van der Waals surface area contributed by atoms with Crippen LogP contribution in [0.3, 0.4) is 0 Å². The number of benzene rings is 1. The maximum absolute atomic E-state index is 11.9. The Morgan fingerprint density at radius 2 is 2.05 bits per heavy atom. The fourth-order valence-electron chi connectivity index (χ4n) is 2.28. The van der Waals surface area contributed by atoms with Crippen molar-refractivity contribution in [3.8, 4) is 0 Å². The predicted molar refractivity (Wildman–Crippen MR) is 73.6 cm³/mol. The maximum Gasteiger partial charge on any atom is 0.335 e. The first kappa shape index (κ1) is 14.5. The van der Waals surface area contributed by atoms with Crippen LogP contribution in [0.5, 0.6) is 0 Å². The van der Waals surface area contributed by atoms with Crippen LogP contribution in [0.15, 0.2) is 24.3 Å². The molecule has 1 saturated heterocycles. The van der Waals surface area contributed by atoms with E-state index in [1.165, 1.54) is 0 Å². The molecule has 1 heterocycles. The first-order valence-electron chi connectivity index (χ1n) is 6.79. The molecule has 0 aliphatic carbocycles. The van der Waals surface area contributed by atoms with E-state index < -0.39 is 5.97 Å². The third-order valence-electron chi connectivity index (χ3n) is 3.56. The van der Waals surface area contributed by atoms with Gasteiger partial charge in [0.2, 0.25) is 5.91 Å². The molecule has 0 aromatic heterocycles. The monoisotopic (exact) mass is 277 g/mol. The lowest BCUT2D eigenvalue weighted by molar-refractivity contribution is -0.131. The zero-order chi connectivity index (χ0) is 14.5. The smallest absolute Gasteiger partial charge is 0.335 e. The highest BCUT2D eigenvalue weighted by Gasteiger charge is 2.30. The summed E-state index contributed by atoms with van der Waals surface area (Å²) in [6.07, 6.45) is 1.27. The van der Waals surface area contributed by atoms with Gasteiger partial charge in [-0.25, -0.2) is 4.79 Å². The summed E-state index contributed by atoms with van der Waals surface area (Å²) in [4.78, 5) is 22.6. The molecular weight excluding hydrogens is 258 g/mol. The van der Waals surface area contributed by atoms with Gasteiger partial charge in [-0.05, 0) is 36.5 Å². The number of aromatic carboxylic acids is 1. The number of nitrogens with one attached hydrogen (secondary N) is 1. The van der Waals surface area contributed by atoms with Crippen molar-refractivity contribution < 1.29 is 19.4 Å². The van der Waals surface area contributed by atoms with E-state index in [1.807, 2.05) is 6.92 Å². The number of hydrogen-bond donors (Lipinski definition) is 2. The minimum absolute atomic E-state index is 0.0582. The van der Waals surface area contributed by atoms with Gasteiger partial charge in [0, 0.05) is 13.2 Å². The zero-order valence-electron chi connectivity index (χ0n) is 11.5. The van der Waals surface area contributed by atoms with Crippen LogP contribution in [0, 0.1) is 5.92 Å². The van der Waals surface area contributed by atoms with Crippen LogP contribution < -0.4 is 5.32 Å². The maximum atomic E-state index is 11.9. The van der Waals surface area contributed by atoms with Crippen LogP contribution >= 0.6 is 0 Å². The number of ether oxygens (including phenoxy) is 1. The molecule has 0 bridgehead atoms. The molecular formula is C15H19NO4. The normalized spacial score (nSPS) is 21.6. The molecule has 0 saturated carbocycles. The number of carboxylic acids is 1. The molecule has 2 atom stereocenters. The first-order chi connectivity index (χ1) is 9.58. The standard InChI is InChI=1S/C15H19NO4/c1-10-7-9-20-13(10)14(17)16-8-6-11-2-4-12(5-3-11)15(18)19/h2-5,10,13H,6-9H2,1H3,(H,16,17)(H,18,19). The molecule has 0 spiro atoms. The second-order valence-corrected chi connectivity index (χ2v) is 5.10. The summed E-state index contributed by atoms with van der Waals surface area (Å²) in [6.45, 7) is 3.19. The summed E-state index contributed by atoms with van der Waals surface area (Å²) in [5.74, 6) is -0.723. The summed E-state index contributed by atoms with van der Waals surface area (Å²) in [5, 5.41) is 11.7. The van der Waals surface area contributed by atoms with Crippen LogP contribution in [0.4, 0.5) is 0 Å². The molecule has 2 N–H and O–H groups in total. The molecule has 20 heavy (non-hydrogen) atoms. The van der Waals surface area contributed by atoms with Gasteiger partial charge in [-0.2, -0.15) is 0 Å². The highest BCUT2D eigenvalue weighted by atomic mass is 16.5. The molecule has 5 nitrogen and oxygen atoms in total. The molecule has 1 aromatic rings. The van der Waals surface area contributed by atoms with Crippen LogP contribution in [-0.2, 0) is 16.0 Å². The predicted octanol–water partition coefficient (Wildman–Crippen LogP) is 1.47. The van der Waals surface area contributed by atoms with Gasteiger partial charge in [0.15, 0.2) is 0 Å². The summed E-state index contributed by atoms with van der Waals surface area (Å²) in [6, 6.07) is 6.68. The summed E-state index contributed by atoms with van der Waals surface area (Å²) in [7, 11) is 0. The number of carboxylic acid groups (broad SMARTS) is 1. The molecule has 0 radical (unpaired) electrons. The summed E-state index contributed by atoms with van der Waals surface area (Å²) >= 11 is 0. The molecule has 1 aliphatic rings. The van der Waals surface area contributed by atoms with Crippen LogP contribution in [0.2, 0.25) is 0 Å². The van der Waals surface area contributed by atoms with E-state index in [1.54, 1.807) is 24.3 Å².